The van der Waals surface area contributed by atoms with Gasteiger partial charge in [-0.15, -0.1) is 0 Å². The number of aromatic nitrogens is 2. The number of guanidine groups is 1. The van der Waals surface area contributed by atoms with E-state index in [1.807, 2.05) is 19.2 Å². The lowest BCUT2D eigenvalue weighted by Gasteiger charge is -2.12. The Morgan fingerprint density at radius 2 is 2.15 bits per heavy atom. The van der Waals surface area contributed by atoms with E-state index in [4.69, 9.17) is 4.74 Å². The van der Waals surface area contributed by atoms with Crippen molar-refractivity contribution in [1.82, 2.24) is 20.4 Å². The fraction of sp³-hybridized carbons (Fsp3) is 0.474. The highest BCUT2D eigenvalue weighted by Gasteiger charge is 2.14. The van der Waals surface area contributed by atoms with Gasteiger partial charge < -0.3 is 15.4 Å². The maximum Gasteiger partial charge on any atom is 0.191 e. The molecule has 0 spiro atoms. The van der Waals surface area contributed by atoms with Crippen LogP contribution >= 0.6 is 0 Å². The molecular weight excluding hydrogens is 333 g/mol. The third kappa shape index (κ3) is 5.29. The first-order chi connectivity index (χ1) is 12.7. The average molecular weight is 359 g/mol. The van der Waals surface area contributed by atoms with Crippen molar-refractivity contribution in [1.29, 1.82) is 0 Å². The van der Waals surface area contributed by atoms with Crippen molar-refractivity contribution in [2.24, 2.45) is 4.99 Å². The SMILES string of the molecule is CCNC(=NCC1CCCO1)NCCc1ccn(-c2ccc(F)cc2)n1. The van der Waals surface area contributed by atoms with Crippen molar-refractivity contribution in [2.75, 3.05) is 26.2 Å². The molecule has 0 bridgehead atoms. The van der Waals surface area contributed by atoms with Crippen molar-refractivity contribution in [3.8, 4) is 5.69 Å². The summed E-state index contributed by atoms with van der Waals surface area (Å²) in [5, 5.41) is 11.1. The molecule has 0 radical (unpaired) electrons. The molecule has 1 atom stereocenters. The van der Waals surface area contributed by atoms with E-state index < -0.39 is 0 Å². The van der Waals surface area contributed by atoms with Crippen LogP contribution in [0.1, 0.15) is 25.5 Å². The van der Waals surface area contributed by atoms with E-state index in [9.17, 15) is 4.39 Å². The fourth-order valence-electron chi connectivity index (χ4n) is 2.86. The Bertz CT molecular complexity index is 707. The number of nitrogens with one attached hydrogen (secondary N) is 2. The molecule has 140 valence electrons. The van der Waals surface area contributed by atoms with Gasteiger partial charge in [0.1, 0.15) is 5.82 Å². The van der Waals surface area contributed by atoms with Gasteiger partial charge in [0.25, 0.3) is 0 Å². The lowest BCUT2D eigenvalue weighted by Crippen LogP contribution is -2.39. The summed E-state index contributed by atoms with van der Waals surface area (Å²) >= 11 is 0. The first-order valence-corrected chi connectivity index (χ1v) is 9.19. The van der Waals surface area contributed by atoms with Crippen LogP contribution in [0, 0.1) is 5.82 Å². The van der Waals surface area contributed by atoms with Gasteiger partial charge in [0.05, 0.1) is 24.0 Å². The predicted octanol–water partition coefficient (Wildman–Crippen LogP) is 2.29. The topological polar surface area (TPSA) is 63.5 Å². The van der Waals surface area contributed by atoms with Crippen LogP contribution in [-0.4, -0.2) is 48.1 Å². The number of rotatable bonds is 7. The molecule has 1 fully saturated rings. The van der Waals surface area contributed by atoms with E-state index in [-0.39, 0.29) is 11.9 Å². The molecular formula is C19H26FN5O. The number of hydrogen-bond donors (Lipinski definition) is 2. The van der Waals surface area contributed by atoms with Crippen molar-refractivity contribution >= 4 is 5.96 Å². The molecule has 2 aromatic rings. The van der Waals surface area contributed by atoms with Gasteiger partial charge in [-0.2, -0.15) is 5.10 Å². The molecule has 1 aliphatic heterocycles. The van der Waals surface area contributed by atoms with Crippen LogP contribution in [0.5, 0.6) is 0 Å². The molecule has 1 aromatic heterocycles. The van der Waals surface area contributed by atoms with E-state index in [0.717, 1.165) is 56.3 Å². The maximum absolute atomic E-state index is 13.0. The third-order valence-corrected chi connectivity index (χ3v) is 4.23. The molecule has 3 rings (SSSR count). The molecule has 1 aliphatic rings. The molecule has 1 saturated heterocycles. The average Bonchev–Trinajstić information content (AvgIpc) is 3.32. The smallest absolute Gasteiger partial charge is 0.191 e. The largest absolute Gasteiger partial charge is 0.376 e. The summed E-state index contributed by atoms with van der Waals surface area (Å²) in [5.74, 6) is 0.560. The second kappa shape index (κ2) is 9.33. The van der Waals surface area contributed by atoms with Gasteiger partial charge in [0.2, 0.25) is 0 Å². The van der Waals surface area contributed by atoms with Gasteiger partial charge in [-0.1, -0.05) is 0 Å². The summed E-state index contributed by atoms with van der Waals surface area (Å²) in [6, 6.07) is 8.27. The van der Waals surface area contributed by atoms with Crippen LogP contribution in [0.2, 0.25) is 0 Å². The van der Waals surface area contributed by atoms with E-state index in [1.54, 1.807) is 16.8 Å². The van der Waals surface area contributed by atoms with Gasteiger partial charge in [0, 0.05) is 32.3 Å². The summed E-state index contributed by atoms with van der Waals surface area (Å²) in [7, 11) is 0. The van der Waals surface area contributed by atoms with Gasteiger partial charge in [0.15, 0.2) is 5.96 Å². The number of nitrogens with zero attached hydrogens (tertiary/aromatic N) is 3. The summed E-state index contributed by atoms with van der Waals surface area (Å²) in [6.45, 7) is 5.14. The molecule has 1 aromatic carbocycles. The number of halogens is 1. The minimum absolute atomic E-state index is 0.247. The van der Waals surface area contributed by atoms with Gasteiger partial charge >= 0.3 is 0 Å². The predicted molar refractivity (Wildman–Crippen MR) is 100 cm³/mol. The Morgan fingerprint density at radius 1 is 1.31 bits per heavy atom. The Kier molecular flexibility index (Phi) is 6.60. The van der Waals surface area contributed by atoms with Crippen LogP contribution in [0.15, 0.2) is 41.5 Å². The Balaban J connectivity index is 1.49. The number of hydrogen-bond acceptors (Lipinski definition) is 3. The lowest BCUT2D eigenvalue weighted by molar-refractivity contribution is 0.117. The highest BCUT2D eigenvalue weighted by Crippen LogP contribution is 2.12. The van der Waals surface area contributed by atoms with Crippen LogP contribution < -0.4 is 10.6 Å². The Labute approximate surface area is 153 Å². The van der Waals surface area contributed by atoms with Crippen LogP contribution in [0.4, 0.5) is 4.39 Å². The van der Waals surface area contributed by atoms with Gasteiger partial charge in [-0.3, -0.25) is 4.99 Å². The zero-order valence-corrected chi connectivity index (χ0v) is 15.1. The van der Waals surface area contributed by atoms with Crippen LogP contribution in [0.3, 0.4) is 0 Å². The summed E-state index contributed by atoms with van der Waals surface area (Å²) in [6.07, 6.45) is 5.12. The van der Waals surface area contributed by atoms with Crippen molar-refractivity contribution < 1.29 is 9.13 Å². The Hall–Kier alpha value is -2.41. The first kappa shape index (κ1) is 18.4. The van der Waals surface area contributed by atoms with E-state index >= 15 is 0 Å². The second-order valence-corrected chi connectivity index (χ2v) is 6.26. The number of benzene rings is 1. The van der Waals surface area contributed by atoms with Crippen molar-refractivity contribution in [2.45, 2.75) is 32.3 Å². The molecule has 26 heavy (non-hydrogen) atoms. The Morgan fingerprint density at radius 3 is 2.88 bits per heavy atom. The molecule has 1 unspecified atom stereocenters. The van der Waals surface area contributed by atoms with Gasteiger partial charge in [-0.25, -0.2) is 9.07 Å². The normalized spacial score (nSPS) is 17.5. The monoisotopic (exact) mass is 359 g/mol. The number of aliphatic imine (C=N–C) groups is 1. The number of ether oxygens (including phenoxy) is 1. The quantitative estimate of drug-likeness (QED) is 0.588. The highest BCUT2D eigenvalue weighted by atomic mass is 19.1. The lowest BCUT2D eigenvalue weighted by atomic mass is 10.2. The van der Waals surface area contributed by atoms with E-state index in [1.165, 1.54) is 12.1 Å². The molecule has 2 N–H and O–H groups in total. The standard InChI is InChI=1S/C19H26FN5O/c1-2-21-19(23-14-18-4-3-13-26-18)22-11-9-16-10-12-25(24-16)17-7-5-15(20)6-8-17/h5-8,10,12,18H,2-4,9,11,13-14H2,1H3,(H2,21,22,23). The summed E-state index contributed by atoms with van der Waals surface area (Å²) in [5.41, 5.74) is 1.81. The molecule has 7 heteroatoms. The molecule has 0 saturated carbocycles. The minimum atomic E-state index is -0.247. The minimum Gasteiger partial charge on any atom is -0.376 e. The van der Waals surface area contributed by atoms with E-state index in [2.05, 4.69) is 20.7 Å². The van der Waals surface area contributed by atoms with Gasteiger partial charge in [-0.05, 0) is 50.1 Å². The fourth-order valence-corrected chi connectivity index (χ4v) is 2.86. The van der Waals surface area contributed by atoms with E-state index in [0.29, 0.717) is 6.54 Å². The molecule has 0 aliphatic carbocycles. The third-order valence-electron chi connectivity index (χ3n) is 4.23. The molecule has 6 nitrogen and oxygen atoms in total. The zero-order valence-electron chi connectivity index (χ0n) is 15.1. The summed E-state index contributed by atoms with van der Waals surface area (Å²) < 4.78 is 20.4. The molecule has 0 amide bonds. The van der Waals surface area contributed by atoms with Crippen LogP contribution in [-0.2, 0) is 11.2 Å². The highest BCUT2D eigenvalue weighted by molar-refractivity contribution is 5.79. The maximum atomic E-state index is 13.0. The van der Waals surface area contributed by atoms with Crippen molar-refractivity contribution in [3.05, 3.63) is 48.0 Å². The summed E-state index contributed by atoms with van der Waals surface area (Å²) in [4.78, 5) is 4.60. The van der Waals surface area contributed by atoms with Crippen molar-refractivity contribution in [3.63, 3.8) is 0 Å². The molecule has 2 heterocycles. The second-order valence-electron chi connectivity index (χ2n) is 6.26. The zero-order chi connectivity index (χ0) is 18.2. The first-order valence-electron chi connectivity index (χ1n) is 9.19. The van der Waals surface area contributed by atoms with Crippen LogP contribution in [0.25, 0.3) is 5.69 Å².